The summed E-state index contributed by atoms with van der Waals surface area (Å²) in [7, 11) is 0. The normalized spacial score (nSPS) is 18.1. The number of hydrogen-bond acceptors (Lipinski definition) is 6. The summed E-state index contributed by atoms with van der Waals surface area (Å²) in [5.41, 5.74) is -1.43. The van der Waals surface area contributed by atoms with E-state index >= 15 is 0 Å². The monoisotopic (exact) mass is 554 g/mol. The Hall–Kier alpha value is -4.61. The lowest BCUT2D eigenvalue weighted by Gasteiger charge is -2.41. The zero-order chi connectivity index (χ0) is 28.6. The van der Waals surface area contributed by atoms with Crippen LogP contribution in [0.5, 0.6) is 5.75 Å². The molecule has 9 nitrogen and oxygen atoms in total. The molecule has 40 heavy (non-hydrogen) atoms. The van der Waals surface area contributed by atoms with Crippen LogP contribution in [-0.2, 0) is 17.9 Å². The van der Waals surface area contributed by atoms with Crippen LogP contribution >= 0.6 is 0 Å². The van der Waals surface area contributed by atoms with Gasteiger partial charge in [-0.1, -0.05) is 30.3 Å². The summed E-state index contributed by atoms with van der Waals surface area (Å²) in [4.78, 5) is 54.0. The van der Waals surface area contributed by atoms with Gasteiger partial charge in [-0.3, -0.25) is 24.1 Å². The minimum atomic E-state index is -1.20. The van der Waals surface area contributed by atoms with E-state index in [-0.39, 0.29) is 25.0 Å². The highest BCUT2D eigenvalue weighted by Crippen LogP contribution is 2.29. The first-order valence-electron chi connectivity index (χ1n) is 12.6. The molecule has 0 spiro atoms. The molecule has 0 radical (unpaired) electrons. The largest absolute Gasteiger partial charge is 0.482 e. The average Bonchev–Trinajstić information content (AvgIpc) is 3.07. The van der Waals surface area contributed by atoms with Crippen LogP contribution in [0.25, 0.3) is 0 Å². The Balaban J connectivity index is 1.58. The molecular formula is C28H25F3N4O5. The van der Waals surface area contributed by atoms with Gasteiger partial charge in [0.1, 0.15) is 48.6 Å². The summed E-state index contributed by atoms with van der Waals surface area (Å²) >= 11 is 0. The van der Waals surface area contributed by atoms with Crippen molar-refractivity contribution in [2.45, 2.75) is 45.0 Å². The minimum absolute atomic E-state index is 0.0322. The Morgan fingerprint density at radius 2 is 1.80 bits per heavy atom. The number of fused-ring (bicyclic) bond motifs is 4. The van der Waals surface area contributed by atoms with E-state index in [1.165, 1.54) is 9.58 Å². The fourth-order valence-electron chi connectivity index (χ4n) is 4.89. The first-order valence-corrected chi connectivity index (χ1v) is 12.6. The highest BCUT2D eigenvalue weighted by Gasteiger charge is 2.41. The number of hydrogen-bond donors (Lipinski definition) is 1. The van der Waals surface area contributed by atoms with Gasteiger partial charge in [0.05, 0.1) is 0 Å². The quantitative estimate of drug-likeness (QED) is 0.451. The molecule has 1 aromatic heterocycles. The molecule has 3 aromatic rings. The van der Waals surface area contributed by atoms with Crippen LogP contribution in [0.3, 0.4) is 0 Å². The van der Waals surface area contributed by atoms with E-state index in [1.54, 1.807) is 35.3 Å². The maximum atomic E-state index is 14.1. The Labute approximate surface area is 226 Å². The van der Waals surface area contributed by atoms with Gasteiger partial charge in [0.25, 0.3) is 11.8 Å². The van der Waals surface area contributed by atoms with Crippen molar-refractivity contribution in [1.82, 2.24) is 14.9 Å². The summed E-state index contributed by atoms with van der Waals surface area (Å²) < 4.78 is 48.7. The molecule has 0 unspecified atom stereocenters. The Bertz CT molecular complexity index is 1520. The smallest absolute Gasteiger partial charge is 0.278 e. The lowest BCUT2D eigenvalue weighted by atomic mass is 10.1. The molecule has 2 bridgehead atoms. The first-order chi connectivity index (χ1) is 19.2. The fraction of sp³-hybridized carbons (Fsp3) is 0.286. The number of carbonyl (C=O) groups excluding carboxylic acids is 3. The highest BCUT2D eigenvalue weighted by molar-refractivity contribution is 5.99. The fourth-order valence-corrected chi connectivity index (χ4v) is 4.89. The number of pyridine rings is 1. The zero-order valence-electron chi connectivity index (χ0n) is 21.4. The van der Waals surface area contributed by atoms with Crippen LogP contribution in [0, 0.1) is 17.5 Å². The van der Waals surface area contributed by atoms with Crippen molar-refractivity contribution in [3.05, 3.63) is 98.7 Å². The molecule has 12 heteroatoms. The standard InChI is InChI=1S/C28H25F3N4O5/c1-16-7-8-19(13-36)35-15-33(16)28(39)24-26(40-14-17-5-3-2-4-6-17)25(37)21(12-34(24)35)27(38)32-11-20-22(30)9-18(29)10-23(20)31/h2-6,9-10,12-13,16,19H,7-8,11,14-15H2,1H3,(H,32,38)/t16-,19-/m0/s1. The number of benzene rings is 2. The van der Waals surface area contributed by atoms with E-state index in [2.05, 4.69) is 5.32 Å². The molecule has 0 saturated carbocycles. The van der Waals surface area contributed by atoms with Crippen molar-refractivity contribution in [2.24, 2.45) is 0 Å². The lowest BCUT2D eigenvalue weighted by molar-refractivity contribution is -0.109. The van der Waals surface area contributed by atoms with Gasteiger partial charge >= 0.3 is 0 Å². The van der Waals surface area contributed by atoms with E-state index in [0.29, 0.717) is 30.5 Å². The van der Waals surface area contributed by atoms with Crippen molar-refractivity contribution < 1.29 is 32.3 Å². The molecular weight excluding hydrogens is 529 g/mol. The van der Waals surface area contributed by atoms with E-state index in [9.17, 15) is 32.3 Å². The number of aromatic nitrogens is 1. The van der Waals surface area contributed by atoms with Crippen LogP contribution in [-0.4, -0.2) is 46.4 Å². The van der Waals surface area contributed by atoms with Crippen LogP contribution < -0.4 is 20.5 Å². The predicted octanol–water partition coefficient (Wildman–Crippen LogP) is 2.88. The van der Waals surface area contributed by atoms with Gasteiger partial charge in [-0.05, 0) is 25.3 Å². The van der Waals surface area contributed by atoms with Crippen LogP contribution in [0.4, 0.5) is 13.2 Å². The summed E-state index contributed by atoms with van der Waals surface area (Å²) in [6, 6.07) is 8.91. The first kappa shape index (κ1) is 27.0. The van der Waals surface area contributed by atoms with E-state index in [0.717, 1.165) is 12.5 Å². The predicted molar refractivity (Wildman–Crippen MR) is 137 cm³/mol. The van der Waals surface area contributed by atoms with Gasteiger partial charge in [0, 0.05) is 36.5 Å². The third-order valence-electron chi connectivity index (χ3n) is 7.14. The number of nitrogens with zero attached hydrogens (tertiary/aromatic N) is 3. The van der Waals surface area contributed by atoms with Gasteiger partial charge in [-0.25, -0.2) is 13.2 Å². The molecule has 1 N–H and O–H groups in total. The highest BCUT2D eigenvalue weighted by atomic mass is 19.1. The maximum Gasteiger partial charge on any atom is 0.278 e. The number of amides is 2. The van der Waals surface area contributed by atoms with Crippen LogP contribution in [0.1, 0.15) is 51.7 Å². The van der Waals surface area contributed by atoms with Crippen molar-refractivity contribution in [3.63, 3.8) is 0 Å². The Kier molecular flexibility index (Phi) is 7.33. The molecule has 208 valence electrons. The number of ether oxygens (including phenoxy) is 1. The van der Waals surface area contributed by atoms with Crippen molar-refractivity contribution in [1.29, 1.82) is 0 Å². The van der Waals surface area contributed by atoms with Gasteiger partial charge in [-0.2, -0.15) is 0 Å². The van der Waals surface area contributed by atoms with E-state index in [4.69, 9.17) is 4.74 Å². The molecule has 2 aliphatic heterocycles. The van der Waals surface area contributed by atoms with Crippen molar-refractivity contribution >= 4 is 18.1 Å². The average molecular weight is 555 g/mol. The Morgan fingerprint density at radius 3 is 2.48 bits per heavy atom. The number of aldehydes is 1. The van der Waals surface area contributed by atoms with E-state index < -0.39 is 64.2 Å². The number of rotatable bonds is 7. The van der Waals surface area contributed by atoms with E-state index in [1.807, 2.05) is 6.92 Å². The molecule has 2 amide bonds. The summed E-state index contributed by atoms with van der Waals surface area (Å²) in [5.74, 6) is -5.43. The number of halogens is 3. The summed E-state index contributed by atoms with van der Waals surface area (Å²) in [5, 5.41) is 3.85. The zero-order valence-corrected chi connectivity index (χ0v) is 21.4. The number of nitrogens with one attached hydrogen (secondary N) is 1. The molecule has 1 fully saturated rings. The summed E-state index contributed by atoms with van der Waals surface area (Å²) in [6.07, 6.45) is 2.82. The second kappa shape index (κ2) is 10.9. The third kappa shape index (κ3) is 4.92. The van der Waals surface area contributed by atoms with Crippen LogP contribution in [0.15, 0.2) is 53.5 Å². The van der Waals surface area contributed by atoms with Crippen LogP contribution in [0.2, 0.25) is 0 Å². The topological polar surface area (TPSA) is 101 Å². The molecule has 0 aliphatic carbocycles. The van der Waals surface area contributed by atoms with Crippen molar-refractivity contribution in [2.75, 3.05) is 11.7 Å². The second-order valence-corrected chi connectivity index (χ2v) is 9.68. The van der Waals surface area contributed by atoms with Gasteiger partial charge in [0.15, 0.2) is 11.4 Å². The summed E-state index contributed by atoms with van der Waals surface area (Å²) in [6.45, 7) is 1.10. The number of carbonyl (C=O) groups is 3. The molecule has 2 aromatic carbocycles. The second-order valence-electron chi connectivity index (χ2n) is 9.68. The molecule has 2 atom stereocenters. The maximum absolute atomic E-state index is 14.1. The minimum Gasteiger partial charge on any atom is -0.482 e. The SMILES string of the molecule is C[C@H]1CC[C@@H](C=O)N2CN1C(=O)c1c(OCc3ccccc3)c(=O)c(C(=O)NCc3c(F)cc(F)cc3F)cn12. The third-order valence-corrected chi connectivity index (χ3v) is 7.14. The lowest BCUT2D eigenvalue weighted by Crippen LogP contribution is -2.58. The Morgan fingerprint density at radius 1 is 1.10 bits per heavy atom. The van der Waals surface area contributed by atoms with Crippen molar-refractivity contribution in [3.8, 4) is 5.75 Å². The molecule has 3 heterocycles. The molecule has 5 rings (SSSR count). The van der Waals surface area contributed by atoms with Gasteiger partial charge in [-0.15, -0.1) is 0 Å². The molecule has 1 saturated heterocycles. The molecule has 2 aliphatic rings. The van der Waals surface area contributed by atoms with Gasteiger partial charge < -0.3 is 19.7 Å². The van der Waals surface area contributed by atoms with Gasteiger partial charge in [0.2, 0.25) is 5.43 Å².